The van der Waals surface area contributed by atoms with E-state index >= 15 is 0 Å². The molecule has 0 spiro atoms. The molecule has 0 saturated carbocycles. The minimum atomic E-state index is -0.343. The first-order chi connectivity index (χ1) is 11.9. The number of urea groups is 1. The number of amides is 2. The molecule has 0 bridgehead atoms. The lowest BCUT2D eigenvalue weighted by molar-refractivity contribution is 0.168. The molecule has 2 aromatic rings. The second-order valence-corrected chi connectivity index (χ2v) is 6.40. The zero-order chi connectivity index (χ0) is 18.1. The molecule has 2 amide bonds. The topological polar surface area (TPSA) is 63.5 Å². The lowest BCUT2D eigenvalue weighted by Gasteiger charge is -2.37. The molecule has 3 rings (SSSR count). The molecule has 25 heavy (non-hydrogen) atoms. The molecule has 0 unspecified atom stereocenters. The van der Waals surface area contributed by atoms with Crippen molar-refractivity contribution in [3.63, 3.8) is 0 Å². The van der Waals surface area contributed by atoms with E-state index in [2.05, 4.69) is 11.1 Å². The van der Waals surface area contributed by atoms with E-state index in [0.29, 0.717) is 48.3 Å². The summed E-state index contributed by atoms with van der Waals surface area (Å²) in [7, 11) is 3.45. The number of hydrogen-bond acceptors (Lipinski definition) is 4. The van der Waals surface area contributed by atoms with E-state index < -0.39 is 0 Å². The van der Waals surface area contributed by atoms with Gasteiger partial charge in [0.2, 0.25) is 0 Å². The summed E-state index contributed by atoms with van der Waals surface area (Å²) in [6.45, 7) is 4.09. The molecule has 1 aromatic heterocycles. The molecule has 7 heteroatoms. The number of pyridine rings is 1. The molecular formula is C18H20FN5O. The summed E-state index contributed by atoms with van der Waals surface area (Å²) in [6, 6.07) is 5.01. The SMILES string of the molecule is Cc1cc(F)cc2c(N3CCN(C(=O)N(C)C)CC3)c(C#N)cnc12. The third-order valence-electron chi connectivity index (χ3n) is 4.47. The van der Waals surface area contributed by atoms with Crippen LogP contribution in [0.2, 0.25) is 0 Å². The number of piperazine rings is 1. The number of nitriles is 1. The van der Waals surface area contributed by atoms with E-state index in [1.807, 2.05) is 11.8 Å². The molecule has 1 aliphatic heterocycles. The number of carbonyl (C=O) groups excluding carboxylic acids is 1. The predicted octanol–water partition coefficient (Wildman–Crippen LogP) is 2.36. The highest BCUT2D eigenvalue weighted by Gasteiger charge is 2.25. The first-order valence-corrected chi connectivity index (χ1v) is 8.12. The van der Waals surface area contributed by atoms with Gasteiger partial charge in [-0.15, -0.1) is 0 Å². The van der Waals surface area contributed by atoms with Gasteiger partial charge in [0.05, 0.1) is 16.8 Å². The van der Waals surface area contributed by atoms with Crippen molar-refractivity contribution in [3.8, 4) is 6.07 Å². The molecule has 0 aliphatic carbocycles. The lowest BCUT2D eigenvalue weighted by Crippen LogP contribution is -2.51. The van der Waals surface area contributed by atoms with Gasteiger partial charge in [0.25, 0.3) is 0 Å². The molecule has 130 valence electrons. The van der Waals surface area contributed by atoms with Crippen LogP contribution in [0, 0.1) is 24.1 Å². The fourth-order valence-electron chi connectivity index (χ4n) is 3.25. The Hall–Kier alpha value is -2.88. The van der Waals surface area contributed by atoms with Crippen LogP contribution in [0.1, 0.15) is 11.1 Å². The number of fused-ring (bicyclic) bond motifs is 1. The van der Waals surface area contributed by atoms with E-state index in [1.54, 1.807) is 30.1 Å². The maximum Gasteiger partial charge on any atom is 0.319 e. The zero-order valence-electron chi connectivity index (χ0n) is 14.6. The summed E-state index contributed by atoms with van der Waals surface area (Å²) >= 11 is 0. The third-order valence-corrected chi connectivity index (χ3v) is 4.47. The quantitative estimate of drug-likeness (QED) is 0.799. The second-order valence-electron chi connectivity index (χ2n) is 6.40. The van der Waals surface area contributed by atoms with Crippen molar-refractivity contribution in [3.05, 3.63) is 35.3 Å². The fourth-order valence-corrected chi connectivity index (χ4v) is 3.25. The fraction of sp³-hybridized carbons (Fsp3) is 0.389. The second kappa shape index (κ2) is 6.55. The summed E-state index contributed by atoms with van der Waals surface area (Å²) in [4.78, 5) is 21.8. The highest BCUT2D eigenvalue weighted by atomic mass is 19.1. The first kappa shape index (κ1) is 17.0. The standard InChI is InChI=1S/C18H20FN5O/c1-12-8-14(19)9-15-16(12)21-11-13(10-20)17(15)23-4-6-24(7-5-23)18(25)22(2)3/h8-9,11H,4-7H2,1-3H3. The van der Waals surface area contributed by atoms with Crippen molar-refractivity contribution < 1.29 is 9.18 Å². The largest absolute Gasteiger partial charge is 0.366 e. The van der Waals surface area contributed by atoms with Crippen molar-refractivity contribution in [1.82, 2.24) is 14.8 Å². The van der Waals surface area contributed by atoms with Gasteiger partial charge in [-0.2, -0.15) is 5.26 Å². The minimum Gasteiger partial charge on any atom is -0.366 e. The number of halogens is 1. The highest BCUT2D eigenvalue weighted by molar-refractivity contribution is 5.96. The summed E-state index contributed by atoms with van der Waals surface area (Å²) < 4.78 is 13.9. The number of aryl methyl sites for hydroxylation is 1. The molecule has 1 aromatic carbocycles. The Bertz CT molecular complexity index is 866. The van der Waals surface area contributed by atoms with Crippen LogP contribution < -0.4 is 4.90 Å². The molecule has 0 radical (unpaired) electrons. The van der Waals surface area contributed by atoms with Gasteiger partial charge < -0.3 is 14.7 Å². The maximum atomic E-state index is 13.9. The molecule has 0 N–H and O–H groups in total. The Morgan fingerprint density at radius 3 is 2.56 bits per heavy atom. The number of nitrogens with zero attached hydrogens (tertiary/aromatic N) is 5. The summed E-state index contributed by atoms with van der Waals surface area (Å²) in [6.07, 6.45) is 1.54. The first-order valence-electron chi connectivity index (χ1n) is 8.12. The van der Waals surface area contributed by atoms with Crippen LogP contribution >= 0.6 is 0 Å². The number of hydrogen-bond donors (Lipinski definition) is 0. The number of carbonyl (C=O) groups is 1. The van der Waals surface area contributed by atoms with Crippen LogP contribution in [-0.2, 0) is 0 Å². The lowest BCUT2D eigenvalue weighted by atomic mass is 10.0. The van der Waals surface area contributed by atoms with Gasteiger partial charge in [-0.3, -0.25) is 4.98 Å². The van der Waals surface area contributed by atoms with Gasteiger partial charge in [0, 0.05) is 51.9 Å². The van der Waals surface area contributed by atoms with Crippen LogP contribution in [0.4, 0.5) is 14.9 Å². The molecule has 2 heterocycles. The number of anilines is 1. The van der Waals surface area contributed by atoms with E-state index in [9.17, 15) is 14.4 Å². The van der Waals surface area contributed by atoms with Gasteiger partial charge in [0.15, 0.2) is 0 Å². The zero-order valence-corrected chi connectivity index (χ0v) is 14.6. The Kier molecular flexibility index (Phi) is 4.45. The van der Waals surface area contributed by atoms with Crippen molar-refractivity contribution in [2.45, 2.75) is 6.92 Å². The number of aromatic nitrogens is 1. The highest BCUT2D eigenvalue weighted by Crippen LogP contribution is 2.32. The molecule has 1 aliphatic rings. The Labute approximate surface area is 146 Å². The van der Waals surface area contributed by atoms with Crippen molar-refractivity contribution in [2.75, 3.05) is 45.2 Å². The van der Waals surface area contributed by atoms with Crippen LogP contribution in [0.25, 0.3) is 10.9 Å². The Morgan fingerprint density at radius 2 is 1.96 bits per heavy atom. The average Bonchev–Trinajstić information content (AvgIpc) is 2.60. The van der Waals surface area contributed by atoms with E-state index in [0.717, 1.165) is 5.56 Å². The predicted molar refractivity (Wildman–Crippen MR) is 94.0 cm³/mol. The molecular weight excluding hydrogens is 321 g/mol. The van der Waals surface area contributed by atoms with Crippen LogP contribution in [0.3, 0.4) is 0 Å². The van der Waals surface area contributed by atoms with E-state index in [1.165, 1.54) is 12.1 Å². The Balaban J connectivity index is 1.99. The molecule has 6 nitrogen and oxygen atoms in total. The molecule has 1 fully saturated rings. The maximum absolute atomic E-state index is 13.9. The van der Waals surface area contributed by atoms with Gasteiger partial charge in [-0.1, -0.05) is 0 Å². The third kappa shape index (κ3) is 3.07. The van der Waals surface area contributed by atoms with Crippen molar-refractivity contribution in [2.24, 2.45) is 0 Å². The van der Waals surface area contributed by atoms with Crippen LogP contribution in [0.5, 0.6) is 0 Å². The number of benzene rings is 1. The van der Waals surface area contributed by atoms with Gasteiger partial charge in [-0.25, -0.2) is 9.18 Å². The van der Waals surface area contributed by atoms with E-state index in [4.69, 9.17) is 0 Å². The minimum absolute atomic E-state index is 0.0263. The monoisotopic (exact) mass is 341 g/mol. The average molecular weight is 341 g/mol. The molecule has 0 atom stereocenters. The van der Waals surface area contributed by atoms with Crippen molar-refractivity contribution in [1.29, 1.82) is 5.26 Å². The van der Waals surface area contributed by atoms with Crippen LogP contribution in [0.15, 0.2) is 18.3 Å². The van der Waals surface area contributed by atoms with E-state index in [-0.39, 0.29) is 11.8 Å². The van der Waals surface area contributed by atoms with Gasteiger partial charge in [-0.05, 0) is 24.6 Å². The van der Waals surface area contributed by atoms with Crippen molar-refractivity contribution >= 4 is 22.6 Å². The molecule has 1 saturated heterocycles. The smallest absolute Gasteiger partial charge is 0.319 e. The van der Waals surface area contributed by atoms with Crippen LogP contribution in [-0.4, -0.2) is 61.1 Å². The Morgan fingerprint density at radius 1 is 1.28 bits per heavy atom. The summed E-state index contributed by atoms with van der Waals surface area (Å²) in [5.41, 5.74) is 2.56. The summed E-state index contributed by atoms with van der Waals surface area (Å²) in [5, 5.41) is 10.1. The normalized spacial score (nSPS) is 14.5. The van der Waals surface area contributed by atoms with Gasteiger partial charge >= 0.3 is 6.03 Å². The summed E-state index contributed by atoms with van der Waals surface area (Å²) in [5.74, 6) is -0.343. The van der Waals surface area contributed by atoms with Gasteiger partial charge in [0.1, 0.15) is 11.9 Å². The number of rotatable bonds is 1.